The molecule has 1 radical (unpaired) electrons. The Morgan fingerprint density at radius 1 is 1.89 bits per heavy atom. The molecule has 0 unspecified atom stereocenters. The minimum Gasteiger partial charge on any atom is -0.448 e. The largest absolute Gasteiger partial charge is 0.448 e. The molecule has 3 nitrogen and oxygen atoms in total. The highest BCUT2D eigenvalue weighted by atomic mass is 16.3. The highest BCUT2D eigenvalue weighted by Crippen LogP contribution is 2.03. The highest BCUT2D eigenvalue weighted by molar-refractivity contribution is 5.86. The minimum atomic E-state index is -0.152. The van der Waals surface area contributed by atoms with Gasteiger partial charge in [-0.25, -0.2) is 0 Å². The number of carbonyl (C=O) groups is 1. The van der Waals surface area contributed by atoms with Gasteiger partial charge in [0.2, 0.25) is 11.8 Å². The quantitative estimate of drug-likeness (QED) is 0.607. The van der Waals surface area contributed by atoms with Gasteiger partial charge in [0.05, 0.1) is 12.3 Å². The van der Waals surface area contributed by atoms with E-state index in [9.17, 15) is 4.79 Å². The molecule has 1 aromatic heterocycles. The molecule has 0 aliphatic heterocycles. The van der Waals surface area contributed by atoms with Crippen LogP contribution in [0.2, 0.25) is 0 Å². The van der Waals surface area contributed by atoms with E-state index in [0.29, 0.717) is 5.88 Å². The normalized spacial score (nSPS) is 9.00. The number of amides is 1. The Morgan fingerprint density at radius 3 is 3.11 bits per heavy atom. The first kappa shape index (κ1) is 5.88. The van der Waals surface area contributed by atoms with E-state index in [4.69, 9.17) is 4.42 Å². The van der Waals surface area contributed by atoms with Gasteiger partial charge in [0.15, 0.2) is 0 Å². The van der Waals surface area contributed by atoms with E-state index < -0.39 is 0 Å². The molecule has 0 bridgehead atoms. The number of anilines is 1. The molecule has 0 spiro atoms. The van der Waals surface area contributed by atoms with Gasteiger partial charge in [0, 0.05) is 6.92 Å². The van der Waals surface area contributed by atoms with Crippen molar-refractivity contribution in [2.75, 3.05) is 5.32 Å². The van der Waals surface area contributed by atoms with E-state index in [2.05, 4.69) is 11.4 Å². The molecule has 0 aliphatic rings. The van der Waals surface area contributed by atoms with Gasteiger partial charge in [-0.1, -0.05) is 0 Å². The molecule has 0 saturated carbocycles. The molecule has 0 saturated heterocycles. The molecule has 47 valence electrons. The Bertz CT molecular complexity index is 191. The van der Waals surface area contributed by atoms with Crippen molar-refractivity contribution in [3.63, 3.8) is 0 Å². The summed E-state index contributed by atoms with van der Waals surface area (Å²) in [4.78, 5) is 10.3. The molecular weight excluding hydrogens is 118 g/mol. The zero-order chi connectivity index (χ0) is 6.69. The molecule has 1 aromatic rings. The number of hydrogen-bond acceptors (Lipinski definition) is 2. The zero-order valence-corrected chi connectivity index (χ0v) is 4.97. The first-order chi connectivity index (χ1) is 4.29. The Hall–Kier alpha value is -1.25. The molecular formula is C6H6NO2. The van der Waals surface area contributed by atoms with E-state index >= 15 is 0 Å². The number of nitrogens with one attached hydrogen (secondary N) is 1. The van der Waals surface area contributed by atoms with Gasteiger partial charge in [0.1, 0.15) is 0 Å². The highest BCUT2D eigenvalue weighted by Gasteiger charge is 1.94. The molecule has 3 heteroatoms. The fourth-order valence-corrected chi connectivity index (χ4v) is 0.471. The second-order valence-corrected chi connectivity index (χ2v) is 1.58. The smallest absolute Gasteiger partial charge is 0.223 e. The lowest BCUT2D eigenvalue weighted by molar-refractivity contribution is -0.114. The molecule has 0 atom stereocenters. The Kier molecular flexibility index (Phi) is 1.53. The van der Waals surface area contributed by atoms with Crippen molar-refractivity contribution in [3.05, 3.63) is 18.4 Å². The number of hydrogen-bond donors (Lipinski definition) is 1. The topological polar surface area (TPSA) is 42.2 Å². The maximum atomic E-state index is 10.3. The van der Waals surface area contributed by atoms with E-state index in [-0.39, 0.29) is 5.91 Å². The number of furan rings is 1. The summed E-state index contributed by atoms with van der Waals surface area (Å²) < 4.78 is 4.76. The Balaban J connectivity index is 2.58. The Morgan fingerprint density at radius 2 is 2.67 bits per heavy atom. The monoisotopic (exact) mass is 124 g/mol. The van der Waals surface area contributed by atoms with E-state index in [0.717, 1.165) is 0 Å². The summed E-state index contributed by atoms with van der Waals surface area (Å²) >= 11 is 0. The van der Waals surface area contributed by atoms with Crippen LogP contribution < -0.4 is 5.32 Å². The second kappa shape index (κ2) is 2.35. The van der Waals surface area contributed by atoms with Crippen LogP contribution in [0, 0.1) is 6.07 Å². The van der Waals surface area contributed by atoms with Crippen molar-refractivity contribution in [1.82, 2.24) is 0 Å². The third-order valence-electron chi connectivity index (χ3n) is 0.758. The van der Waals surface area contributed by atoms with Crippen LogP contribution in [0.5, 0.6) is 0 Å². The summed E-state index contributed by atoms with van der Waals surface area (Å²) in [5, 5.41) is 2.42. The maximum absolute atomic E-state index is 10.3. The van der Waals surface area contributed by atoms with Crippen LogP contribution in [0.3, 0.4) is 0 Å². The molecule has 0 fully saturated rings. The molecule has 0 aliphatic carbocycles. The first-order valence-corrected chi connectivity index (χ1v) is 2.52. The van der Waals surface area contributed by atoms with Crippen LogP contribution in [0.25, 0.3) is 0 Å². The van der Waals surface area contributed by atoms with Crippen molar-refractivity contribution >= 4 is 11.8 Å². The van der Waals surface area contributed by atoms with Gasteiger partial charge in [-0.2, -0.15) is 0 Å². The summed E-state index contributed by atoms with van der Waals surface area (Å²) in [7, 11) is 0. The first-order valence-electron chi connectivity index (χ1n) is 2.52. The lowest BCUT2D eigenvalue weighted by Gasteiger charge is -1.91. The summed E-state index contributed by atoms with van der Waals surface area (Å²) in [5.41, 5.74) is 0. The molecule has 1 amide bonds. The molecule has 0 aromatic carbocycles. The average Bonchev–Trinajstić information content (AvgIpc) is 2.15. The summed E-state index contributed by atoms with van der Waals surface area (Å²) in [6.07, 6.45) is 1.45. The van der Waals surface area contributed by atoms with Gasteiger partial charge >= 0.3 is 0 Å². The van der Waals surface area contributed by atoms with Crippen molar-refractivity contribution in [1.29, 1.82) is 0 Å². The predicted octanol–water partition coefficient (Wildman–Crippen LogP) is 1.04. The Labute approximate surface area is 52.7 Å². The van der Waals surface area contributed by atoms with Gasteiger partial charge < -0.3 is 4.42 Å². The predicted molar refractivity (Wildman–Crippen MR) is 31.8 cm³/mol. The summed E-state index contributed by atoms with van der Waals surface area (Å²) in [5.74, 6) is 0.212. The molecule has 1 rings (SSSR count). The van der Waals surface area contributed by atoms with Crippen LogP contribution in [-0.4, -0.2) is 5.91 Å². The average molecular weight is 124 g/mol. The van der Waals surface area contributed by atoms with Crippen LogP contribution in [0.4, 0.5) is 5.88 Å². The molecule has 1 heterocycles. The van der Waals surface area contributed by atoms with Gasteiger partial charge in [-0.05, 0) is 6.07 Å². The number of rotatable bonds is 1. The summed E-state index contributed by atoms with van der Waals surface area (Å²) in [6.45, 7) is 1.41. The standard InChI is InChI=1S/C6H6NO2/c1-5(8)7-6-3-2-4-9-6/h2,4H,1H3,(H,7,8). The fourth-order valence-electron chi connectivity index (χ4n) is 0.471. The summed E-state index contributed by atoms with van der Waals surface area (Å²) in [6, 6.07) is 4.26. The molecule has 1 N–H and O–H groups in total. The van der Waals surface area contributed by atoms with Gasteiger partial charge in [-0.3, -0.25) is 10.1 Å². The minimum absolute atomic E-state index is 0.152. The fraction of sp³-hybridized carbons (Fsp3) is 0.167. The lowest BCUT2D eigenvalue weighted by Crippen LogP contribution is -2.04. The third-order valence-corrected chi connectivity index (χ3v) is 0.758. The second-order valence-electron chi connectivity index (χ2n) is 1.58. The van der Waals surface area contributed by atoms with E-state index in [1.54, 1.807) is 6.07 Å². The van der Waals surface area contributed by atoms with Crippen LogP contribution >= 0.6 is 0 Å². The number of carbonyl (C=O) groups excluding carboxylic acids is 1. The van der Waals surface area contributed by atoms with Gasteiger partial charge in [0.25, 0.3) is 0 Å². The third kappa shape index (κ3) is 1.60. The zero-order valence-electron chi connectivity index (χ0n) is 4.97. The van der Waals surface area contributed by atoms with Crippen LogP contribution in [-0.2, 0) is 4.79 Å². The lowest BCUT2D eigenvalue weighted by atomic mass is 10.6. The van der Waals surface area contributed by atoms with E-state index in [1.165, 1.54) is 13.2 Å². The van der Waals surface area contributed by atoms with Crippen LogP contribution in [0.15, 0.2) is 16.7 Å². The van der Waals surface area contributed by atoms with E-state index in [1.807, 2.05) is 0 Å². The maximum Gasteiger partial charge on any atom is 0.223 e. The van der Waals surface area contributed by atoms with Crippen molar-refractivity contribution in [2.45, 2.75) is 6.92 Å². The van der Waals surface area contributed by atoms with Gasteiger partial charge in [-0.15, -0.1) is 0 Å². The van der Waals surface area contributed by atoms with Crippen molar-refractivity contribution < 1.29 is 9.21 Å². The molecule has 9 heavy (non-hydrogen) atoms. The van der Waals surface area contributed by atoms with Crippen LogP contribution in [0.1, 0.15) is 6.92 Å². The SMILES string of the molecule is CC(=O)Nc1[c]cco1. The van der Waals surface area contributed by atoms with Crippen molar-refractivity contribution in [3.8, 4) is 0 Å². The van der Waals surface area contributed by atoms with Crippen molar-refractivity contribution in [2.24, 2.45) is 0 Å².